The molecule has 1 saturated heterocycles. The number of fused-ring (bicyclic) bond motifs is 1. The van der Waals surface area contributed by atoms with Crippen LogP contribution in [0.5, 0.6) is 0 Å². The molecule has 1 fully saturated rings. The number of hydrogen-bond donors (Lipinski definition) is 2. The number of furan rings is 1. The fraction of sp³-hybridized carbons (Fsp3) is 0.231. The Bertz CT molecular complexity index is 1290. The van der Waals surface area contributed by atoms with Crippen molar-refractivity contribution in [1.82, 2.24) is 10.2 Å². The summed E-state index contributed by atoms with van der Waals surface area (Å²) in [7, 11) is 0. The molecule has 34 heavy (non-hydrogen) atoms. The summed E-state index contributed by atoms with van der Waals surface area (Å²) >= 11 is 6.29. The van der Waals surface area contributed by atoms with Gasteiger partial charge in [0.25, 0.3) is 11.8 Å². The maximum atomic E-state index is 13.7. The Morgan fingerprint density at radius 1 is 1.15 bits per heavy atom. The van der Waals surface area contributed by atoms with Crippen LogP contribution in [0.25, 0.3) is 23.0 Å². The maximum absolute atomic E-state index is 13.7. The molecular weight excluding hydrogens is 457 g/mol. The second kappa shape index (κ2) is 9.44. The smallest absolute Gasteiger partial charge is 0.256 e. The topological polar surface area (TPSA) is 74.6 Å². The quantitative estimate of drug-likeness (QED) is 0.485. The average molecular weight is 480 g/mol. The number of rotatable bonds is 6. The number of nitrogens with zero attached hydrogens (tertiary/aromatic N) is 1. The van der Waals surface area contributed by atoms with Crippen molar-refractivity contribution in [2.24, 2.45) is 0 Å². The van der Waals surface area contributed by atoms with Gasteiger partial charge in [0.1, 0.15) is 17.3 Å². The second-order valence-electron chi connectivity index (χ2n) is 8.40. The van der Waals surface area contributed by atoms with Crippen LogP contribution in [-0.4, -0.2) is 42.9 Å². The van der Waals surface area contributed by atoms with E-state index in [0.29, 0.717) is 51.0 Å². The highest BCUT2D eigenvalue weighted by Crippen LogP contribution is 2.34. The number of carbonyl (C=O) groups excluding carboxylic acids is 2. The summed E-state index contributed by atoms with van der Waals surface area (Å²) in [6.07, 6.45) is 3.99. The van der Waals surface area contributed by atoms with Gasteiger partial charge in [-0.25, -0.2) is 4.39 Å². The van der Waals surface area contributed by atoms with Crippen LogP contribution < -0.4 is 10.6 Å². The molecule has 2 aromatic carbocycles. The molecule has 8 heteroatoms. The molecular formula is C26H23ClFN3O3. The highest BCUT2D eigenvalue weighted by Gasteiger charge is 2.25. The molecule has 1 aromatic heterocycles. The number of amides is 2. The molecule has 3 heterocycles. The van der Waals surface area contributed by atoms with Gasteiger partial charge < -0.3 is 20.0 Å². The zero-order valence-electron chi connectivity index (χ0n) is 18.4. The van der Waals surface area contributed by atoms with Crippen LogP contribution in [0.4, 0.5) is 10.1 Å². The van der Waals surface area contributed by atoms with Gasteiger partial charge in [-0.1, -0.05) is 11.6 Å². The van der Waals surface area contributed by atoms with Crippen LogP contribution in [0, 0.1) is 5.82 Å². The molecule has 2 N–H and O–H groups in total. The highest BCUT2D eigenvalue weighted by molar-refractivity contribution is 6.35. The van der Waals surface area contributed by atoms with E-state index < -0.39 is 5.82 Å². The Balaban J connectivity index is 1.33. The SMILES string of the molecule is O=C1Nc2ccc(F)cc2/C1=C\c1ccc(-c2ccc(Cl)c(C(=O)NCCN3CCCC3)c2)o1. The molecule has 174 valence electrons. The van der Waals surface area contributed by atoms with Crippen LogP contribution >= 0.6 is 11.6 Å². The van der Waals surface area contributed by atoms with Crippen molar-refractivity contribution in [3.05, 3.63) is 76.3 Å². The molecule has 0 aliphatic carbocycles. The van der Waals surface area contributed by atoms with Crippen molar-refractivity contribution in [2.45, 2.75) is 12.8 Å². The Morgan fingerprint density at radius 3 is 2.79 bits per heavy atom. The molecule has 6 nitrogen and oxygen atoms in total. The van der Waals surface area contributed by atoms with Gasteiger partial charge in [-0.05, 0) is 80.5 Å². The minimum absolute atomic E-state index is 0.235. The maximum Gasteiger partial charge on any atom is 0.256 e. The van der Waals surface area contributed by atoms with Crippen molar-refractivity contribution in [3.63, 3.8) is 0 Å². The number of benzene rings is 2. The van der Waals surface area contributed by atoms with E-state index in [0.717, 1.165) is 19.6 Å². The number of nitrogens with one attached hydrogen (secondary N) is 2. The molecule has 0 atom stereocenters. The third kappa shape index (κ3) is 4.62. The lowest BCUT2D eigenvalue weighted by Crippen LogP contribution is -2.33. The first kappa shape index (κ1) is 22.4. The Labute approximate surface area is 201 Å². The fourth-order valence-corrected chi connectivity index (χ4v) is 4.52. The lowest BCUT2D eigenvalue weighted by atomic mass is 10.1. The predicted molar refractivity (Wildman–Crippen MR) is 130 cm³/mol. The molecule has 2 aliphatic rings. The third-order valence-electron chi connectivity index (χ3n) is 6.09. The normalized spacial score (nSPS) is 16.6. The predicted octanol–water partition coefficient (Wildman–Crippen LogP) is 5.06. The van der Waals surface area contributed by atoms with E-state index in [-0.39, 0.29) is 11.8 Å². The molecule has 0 radical (unpaired) electrons. The van der Waals surface area contributed by atoms with E-state index in [1.807, 2.05) is 0 Å². The van der Waals surface area contributed by atoms with E-state index in [1.54, 1.807) is 36.4 Å². The van der Waals surface area contributed by atoms with E-state index >= 15 is 0 Å². The van der Waals surface area contributed by atoms with Crippen LogP contribution in [0.15, 0.2) is 52.9 Å². The zero-order valence-corrected chi connectivity index (χ0v) is 19.1. The Morgan fingerprint density at radius 2 is 1.97 bits per heavy atom. The van der Waals surface area contributed by atoms with Gasteiger partial charge in [0.2, 0.25) is 0 Å². The van der Waals surface area contributed by atoms with E-state index in [4.69, 9.17) is 16.0 Å². The molecule has 3 aromatic rings. The molecule has 5 rings (SSSR count). The fourth-order valence-electron chi connectivity index (χ4n) is 4.31. The summed E-state index contributed by atoms with van der Waals surface area (Å²) in [5, 5.41) is 6.01. The van der Waals surface area contributed by atoms with Gasteiger partial charge in [-0.2, -0.15) is 0 Å². The lowest BCUT2D eigenvalue weighted by Gasteiger charge is -2.15. The van der Waals surface area contributed by atoms with Crippen molar-refractivity contribution in [3.8, 4) is 11.3 Å². The number of hydrogen-bond acceptors (Lipinski definition) is 4. The largest absolute Gasteiger partial charge is 0.457 e. The minimum atomic E-state index is -0.423. The van der Waals surface area contributed by atoms with Gasteiger partial charge in [0.15, 0.2) is 0 Å². The van der Waals surface area contributed by atoms with E-state index in [9.17, 15) is 14.0 Å². The van der Waals surface area contributed by atoms with Crippen molar-refractivity contribution < 1.29 is 18.4 Å². The van der Waals surface area contributed by atoms with Gasteiger partial charge in [-0.15, -0.1) is 0 Å². The summed E-state index contributed by atoms with van der Waals surface area (Å²) < 4.78 is 19.6. The first-order valence-corrected chi connectivity index (χ1v) is 11.6. The highest BCUT2D eigenvalue weighted by atomic mass is 35.5. The van der Waals surface area contributed by atoms with Crippen LogP contribution in [0.1, 0.15) is 34.5 Å². The summed E-state index contributed by atoms with van der Waals surface area (Å²) in [5.74, 6) is -0.0239. The number of halogens is 2. The first-order valence-electron chi connectivity index (χ1n) is 11.2. The van der Waals surface area contributed by atoms with Gasteiger partial charge in [0.05, 0.1) is 16.2 Å². The Kier molecular flexibility index (Phi) is 6.22. The van der Waals surface area contributed by atoms with Gasteiger partial charge in [-0.3, -0.25) is 9.59 Å². The van der Waals surface area contributed by atoms with Gasteiger partial charge in [0, 0.05) is 29.9 Å². The minimum Gasteiger partial charge on any atom is -0.457 e. The zero-order chi connectivity index (χ0) is 23.7. The summed E-state index contributed by atoms with van der Waals surface area (Å²) in [6.45, 7) is 3.53. The molecule has 0 saturated carbocycles. The summed E-state index contributed by atoms with van der Waals surface area (Å²) in [6, 6.07) is 12.7. The molecule has 2 amide bonds. The van der Waals surface area contributed by atoms with E-state index in [1.165, 1.54) is 31.0 Å². The number of likely N-dealkylation sites (tertiary alicyclic amines) is 1. The van der Waals surface area contributed by atoms with Crippen LogP contribution in [0.3, 0.4) is 0 Å². The number of carbonyl (C=O) groups is 2. The average Bonchev–Trinajstić information content (AvgIpc) is 3.56. The molecule has 0 bridgehead atoms. The van der Waals surface area contributed by atoms with Gasteiger partial charge >= 0.3 is 0 Å². The molecule has 0 spiro atoms. The lowest BCUT2D eigenvalue weighted by molar-refractivity contribution is -0.110. The first-order chi connectivity index (χ1) is 16.5. The van der Waals surface area contributed by atoms with Crippen LogP contribution in [0.2, 0.25) is 5.02 Å². The molecule has 2 aliphatic heterocycles. The van der Waals surface area contributed by atoms with Crippen LogP contribution in [-0.2, 0) is 4.79 Å². The van der Waals surface area contributed by atoms with Crippen molar-refractivity contribution in [2.75, 3.05) is 31.5 Å². The monoisotopic (exact) mass is 479 g/mol. The Hall–Kier alpha value is -3.42. The standard InChI is InChI=1S/C26H23ClFN3O3/c27-22-6-3-16(13-21(22)25(32)29-9-12-31-10-1-2-11-31)24-8-5-18(34-24)15-20-19-14-17(28)4-7-23(19)30-26(20)33/h3-8,13-15H,1-2,9-12H2,(H,29,32)(H,30,33)/b20-15+. The second-order valence-corrected chi connectivity index (χ2v) is 8.81. The number of anilines is 1. The van der Waals surface area contributed by atoms with Crippen molar-refractivity contribution >= 4 is 40.8 Å². The molecule has 0 unspecified atom stereocenters. The third-order valence-corrected chi connectivity index (χ3v) is 6.42. The van der Waals surface area contributed by atoms with Crippen molar-refractivity contribution in [1.29, 1.82) is 0 Å². The summed E-state index contributed by atoms with van der Waals surface area (Å²) in [5.41, 5.74) is 2.42. The van der Waals surface area contributed by atoms with E-state index in [2.05, 4.69) is 15.5 Å². The summed E-state index contributed by atoms with van der Waals surface area (Å²) in [4.78, 5) is 27.4.